The molecule has 1 unspecified atom stereocenters. The Bertz CT molecular complexity index is 281. The molecule has 0 saturated carbocycles. The van der Waals surface area contributed by atoms with Crippen LogP contribution in [0.5, 0.6) is 0 Å². The smallest absolute Gasteiger partial charge is 0.108 e. The van der Waals surface area contributed by atoms with Crippen LogP contribution in [0.3, 0.4) is 0 Å². The van der Waals surface area contributed by atoms with Gasteiger partial charge in [0.2, 0.25) is 0 Å². The Morgan fingerprint density at radius 1 is 1.47 bits per heavy atom. The third kappa shape index (κ3) is 3.63. The fraction of sp³-hybridized carbons (Fsp3) is 0.750. The zero-order chi connectivity index (χ0) is 11.3. The largest absolute Gasteiger partial charge is 0.335 e. The molecule has 1 atom stereocenters. The fourth-order valence-electron chi connectivity index (χ4n) is 1.65. The molecule has 15 heavy (non-hydrogen) atoms. The van der Waals surface area contributed by atoms with Crippen LogP contribution in [0.4, 0.5) is 0 Å². The van der Waals surface area contributed by atoms with Crippen molar-refractivity contribution in [2.75, 3.05) is 5.33 Å². The molecular weight excluding hydrogens is 252 g/mol. The molecule has 3 heteroatoms. The number of aryl methyl sites for hydroxylation is 1. The van der Waals surface area contributed by atoms with Crippen molar-refractivity contribution in [1.29, 1.82) is 0 Å². The zero-order valence-corrected chi connectivity index (χ0v) is 11.5. The van der Waals surface area contributed by atoms with Gasteiger partial charge in [0.25, 0.3) is 0 Å². The molecule has 0 saturated heterocycles. The molecule has 1 aromatic rings. The first-order valence-electron chi connectivity index (χ1n) is 5.75. The number of hydrogen-bond donors (Lipinski definition) is 0. The van der Waals surface area contributed by atoms with Crippen LogP contribution in [0.1, 0.15) is 33.0 Å². The highest BCUT2D eigenvalue weighted by Gasteiger charge is 2.13. The lowest BCUT2D eigenvalue weighted by Crippen LogP contribution is -2.19. The van der Waals surface area contributed by atoms with E-state index >= 15 is 0 Å². The van der Waals surface area contributed by atoms with E-state index in [2.05, 4.69) is 52.4 Å². The third-order valence-electron chi connectivity index (χ3n) is 2.85. The average molecular weight is 273 g/mol. The summed E-state index contributed by atoms with van der Waals surface area (Å²) in [7, 11) is 0. The molecule has 0 spiro atoms. The topological polar surface area (TPSA) is 17.8 Å². The summed E-state index contributed by atoms with van der Waals surface area (Å²) in [6, 6.07) is 0. The Balaban J connectivity index is 2.65. The zero-order valence-electron chi connectivity index (χ0n) is 9.91. The molecule has 0 aromatic carbocycles. The van der Waals surface area contributed by atoms with E-state index in [9.17, 15) is 0 Å². The first kappa shape index (κ1) is 12.8. The normalized spacial score (nSPS) is 13.4. The third-order valence-corrected chi connectivity index (χ3v) is 3.68. The van der Waals surface area contributed by atoms with Gasteiger partial charge in [0.05, 0.1) is 0 Å². The van der Waals surface area contributed by atoms with Gasteiger partial charge >= 0.3 is 0 Å². The predicted molar refractivity (Wildman–Crippen MR) is 68.3 cm³/mol. The van der Waals surface area contributed by atoms with Crippen molar-refractivity contribution in [2.45, 2.75) is 40.2 Å². The number of halogens is 1. The van der Waals surface area contributed by atoms with Gasteiger partial charge in [0.1, 0.15) is 5.82 Å². The fourth-order valence-corrected chi connectivity index (χ4v) is 2.60. The van der Waals surface area contributed by atoms with Crippen LogP contribution in [0, 0.1) is 11.8 Å². The van der Waals surface area contributed by atoms with E-state index in [4.69, 9.17) is 0 Å². The van der Waals surface area contributed by atoms with Crippen LogP contribution < -0.4 is 0 Å². The minimum Gasteiger partial charge on any atom is -0.335 e. The van der Waals surface area contributed by atoms with Crippen LogP contribution in [0.2, 0.25) is 0 Å². The van der Waals surface area contributed by atoms with Crippen molar-refractivity contribution in [3.05, 3.63) is 18.2 Å². The Morgan fingerprint density at radius 3 is 2.73 bits per heavy atom. The van der Waals surface area contributed by atoms with Crippen LogP contribution in [-0.2, 0) is 13.0 Å². The van der Waals surface area contributed by atoms with Crippen molar-refractivity contribution in [2.24, 2.45) is 11.8 Å². The van der Waals surface area contributed by atoms with Crippen molar-refractivity contribution in [1.82, 2.24) is 9.55 Å². The van der Waals surface area contributed by atoms with E-state index in [0.717, 1.165) is 24.7 Å². The summed E-state index contributed by atoms with van der Waals surface area (Å²) >= 11 is 3.59. The first-order valence-corrected chi connectivity index (χ1v) is 6.87. The highest BCUT2D eigenvalue weighted by atomic mass is 79.9. The van der Waals surface area contributed by atoms with Crippen LogP contribution in [-0.4, -0.2) is 14.9 Å². The number of hydrogen-bond acceptors (Lipinski definition) is 1. The molecule has 0 aliphatic rings. The lowest BCUT2D eigenvalue weighted by molar-refractivity contribution is 0.368. The Hall–Kier alpha value is -0.310. The number of nitrogens with zero attached hydrogens (tertiary/aromatic N) is 2. The minimum atomic E-state index is 0.690. The number of alkyl halides is 1. The summed E-state index contributed by atoms with van der Waals surface area (Å²) in [6.45, 7) is 7.84. The molecule has 1 rings (SSSR count). The van der Waals surface area contributed by atoms with E-state index in [1.807, 2.05) is 6.20 Å². The predicted octanol–water partition coefficient (Wildman–Crippen LogP) is 3.50. The molecule has 1 aromatic heterocycles. The first-order chi connectivity index (χ1) is 7.19. The molecule has 0 fully saturated rings. The maximum atomic E-state index is 4.40. The van der Waals surface area contributed by atoms with Gasteiger partial charge in [-0.05, 0) is 18.3 Å². The average Bonchev–Trinajstić information content (AvgIpc) is 2.62. The highest BCUT2D eigenvalue weighted by Crippen LogP contribution is 2.17. The lowest BCUT2D eigenvalue weighted by atomic mass is 9.98. The van der Waals surface area contributed by atoms with Gasteiger partial charge in [0, 0.05) is 30.7 Å². The van der Waals surface area contributed by atoms with Crippen molar-refractivity contribution >= 4 is 15.9 Å². The van der Waals surface area contributed by atoms with Gasteiger partial charge in [0.15, 0.2) is 0 Å². The standard InChI is InChI=1S/C12H21BrN2/c1-4-5-12-14-6-7-15(12)9-11(8-13)10(2)3/h6-7,10-11H,4-5,8-9H2,1-3H3. The van der Waals surface area contributed by atoms with E-state index in [0.29, 0.717) is 11.8 Å². The second-order valence-electron chi connectivity index (χ2n) is 4.40. The van der Waals surface area contributed by atoms with E-state index in [1.165, 1.54) is 5.82 Å². The quantitative estimate of drug-likeness (QED) is 0.725. The molecule has 0 amide bonds. The SMILES string of the molecule is CCCc1nccn1CC(CBr)C(C)C. The summed E-state index contributed by atoms with van der Waals surface area (Å²) < 4.78 is 2.30. The number of rotatable bonds is 6. The minimum absolute atomic E-state index is 0.690. The molecule has 0 bridgehead atoms. The molecule has 0 aliphatic heterocycles. The van der Waals surface area contributed by atoms with Gasteiger partial charge in [-0.2, -0.15) is 0 Å². The molecule has 1 heterocycles. The second-order valence-corrected chi connectivity index (χ2v) is 5.05. The molecular formula is C12H21BrN2. The summed E-state index contributed by atoms with van der Waals surface area (Å²) in [5.41, 5.74) is 0. The van der Waals surface area contributed by atoms with E-state index in [-0.39, 0.29) is 0 Å². The van der Waals surface area contributed by atoms with E-state index in [1.54, 1.807) is 0 Å². The van der Waals surface area contributed by atoms with Gasteiger partial charge in [-0.25, -0.2) is 4.98 Å². The van der Waals surface area contributed by atoms with E-state index < -0.39 is 0 Å². The van der Waals surface area contributed by atoms with Gasteiger partial charge in [-0.3, -0.25) is 0 Å². The van der Waals surface area contributed by atoms with Gasteiger partial charge < -0.3 is 4.57 Å². The maximum Gasteiger partial charge on any atom is 0.108 e. The molecule has 0 aliphatic carbocycles. The van der Waals surface area contributed by atoms with Crippen molar-refractivity contribution in [3.8, 4) is 0 Å². The molecule has 0 radical (unpaired) electrons. The molecule has 0 N–H and O–H groups in total. The Kier molecular flexibility index (Phi) is 5.37. The highest BCUT2D eigenvalue weighted by molar-refractivity contribution is 9.09. The monoisotopic (exact) mass is 272 g/mol. The lowest BCUT2D eigenvalue weighted by Gasteiger charge is -2.19. The van der Waals surface area contributed by atoms with Gasteiger partial charge in [-0.1, -0.05) is 36.7 Å². The Morgan fingerprint density at radius 2 is 2.20 bits per heavy atom. The summed E-state index contributed by atoms with van der Waals surface area (Å²) in [5, 5.41) is 1.06. The van der Waals surface area contributed by atoms with Crippen molar-refractivity contribution in [3.63, 3.8) is 0 Å². The number of aromatic nitrogens is 2. The summed E-state index contributed by atoms with van der Waals surface area (Å²) in [5.74, 6) is 2.63. The van der Waals surface area contributed by atoms with Crippen LogP contribution in [0.15, 0.2) is 12.4 Å². The Labute approximate surface area is 101 Å². The molecule has 2 nitrogen and oxygen atoms in total. The molecule has 86 valence electrons. The van der Waals surface area contributed by atoms with Crippen LogP contribution >= 0.6 is 15.9 Å². The maximum absolute atomic E-state index is 4.40. The summed E-state index contributed by atoms with van der Waals surface area (Å²) in [6.07, 6.45) is 6.26. The second kappa shape index (κ2) is 6.31. The van der Waals surface area contributed by atoms with Crippen molar-refractivity contribution < 1.29 is 0 Å². The summed E-state index contributed by atoms with van der Waals surface area (Å²) in [4.78, 5) is 4.40. The number of imidazole rings is 1. The van der Waals surface area contributed by atoms with Gasteiger partial charge in [-0.15, -0.1) is 0 Å². The van der Waals surface area contributed by atoms with Crippen LogP contribution in [0.25, 0.3) is 0 Å².